The number of hydrogen-bond acceptors (Lipinski definition) is 4. The van der Waals surface area contributed by atoms with E-state index in [1.807, 2.05) is 12.1 Å². The Morgan fingerprint density at radius 2 is 2.20 bits per heavy atom. The maximum absolute atomic E-state index is 7.45. The summed E-state index contributed by atoms with van der Waals surface area (Å²) in [5.74, 6) is 0.0331. The van der Waals surface area contributed by atoms with Gasteiger partial charge in [-0.25, -0.2) is 0 Å². The molecule has 1 fully saturated rings. The number of rotatable bonds is 5. The van der Waals surface area contributed by atoms with Crippen molar-refractivity contribution in [3.8, 4) is 0 Å². The lowest BCUT2D eigenvalue weighted by Gasteiger charge is -2.36. The van der Waals surface area contributed by atoms with Crippen LogP contribution in [0.3, 0.4) is 0 Å². The molecule has 1 saturated heterocycles. The van der Waals surface area contributed by atoms with E-state index in [1.165, 1.54) is 31.5 Å². The summed E-state index contributed by atoms with van der Waals surface area (Å²) in [6.45, 7) is 6.66. The Morgan fingerprint density at radius 3 is 2.80 bits per heavy atom. The van der Waals surface area contributed by atoms with E-state index >= 15 is 0 Å². The lowest BCUT2D eigenvalue weighted by atomic mass is 10.0. The van der Waals surface area contributed by atoms with Crippen LogP contribution in [-0.4, -0.2) is 53.3 Å². The topological polar surface area (TPSA) is 69.2 Å². The van der Waals surface area contributed by atoms with Crippen molar-refractivity contribution < 1.29 is 0 Å². The number of amidine groups is 1. The smallest absolute Gasteiger partial charge is 0.141 e. The molecule has 2 heterocycles. The summed E-state index contributed by atoms with van der Waals surface area (Å²) in [6, 6.07) is 4.57. The number of likely N-dealkylation sites (tertiary alicyclic amines) is 1. The van der Waals surface area contributed by atoms with Gasteiger partial charge in [-0.15, -0.1) is 0 Å². The largest absolute Gasteiger partial charge is 0.382 e. The average molecular weight is 275 g/mol. The van der Waals surface area contributed by atoms with Gasteiger partial charge < -0.3 is 10.6 Å². The number of pyridine rings is 1. The molecular weight excluding hydrogens is 250 g/mol. The van der Waals surface area contributed by atoms with Crippen molar-refractivity contribution in [2.24, 2.45) is 5.73 Å². The summed E-state index contributed by atoms with van der Waals surface area (Å²) < 4.78 is 0. The summed E-state index contributed by atoms with van der Waals surface area (Å²) in [4.78, 5) is 9.02. The molecule has 5 heteroatoms. The van der Waals surface area contributed by atoms with E-state index < -0.39 is 0 Å². The molecule has 3 N–H and O–H groups in total. The number of nitrogens with one attached hydrogen (secondary N) is 1. The lowest BCUT2D eigenvalue weighted by Crippen LogP contribution is -2.42. The molecular formula is C15H25N5. The van der Waals surface area contributed by atoms with Crippen molar-refractivity contribution in [2.75, 3.05) is 26.7 Å². The van der Waals surface area contributed by atoms with E-state index in [0.717, 1.165) is 13.1 Å². The second-order valence-corrected chi connectivity index (χ2v) is 5.54. The molecule has 2 rings (SSSR count). The van der Waals surface area contributed by atoms with Crippen LogP contribution >= 0.6 is 0 Å². The van der Waals surface area contributed by atoms with Crippen LogP contribution < -0.4 is 5.73 Å². The molecule has 0 bridgehead atoms. The van der Waals surface area contributed by atoms with Crippen LogP contribution in [0, 0.1) is 5.41 Å². The van der Waals surface area contributed by atoms with E-state index in [-0.39, 0.29) is 5.84 Å². The van der Waals surface area contributed by atoms with Crippen molar-refractivity contribution in [1.29, 1.82) is 5.41 Å². The molecule has 1 aromatic heterocycles. The molecule has 110 valence electrons. The SMILES string of the molecule is CCN1CCC(N(C)Cc2ccnc(C(=N)N)c2)CC1. The highest BCUT2D eigenvalue weighted by atomic mass is 15.2. The molecule has 1 aromatic rings. The maximum Gasteiger partial charge on any atom is 0.141 e. The summed E-state index contributed by atoms with van der Waals surface area (Å²) >= 11 is 0. The summed E-state index contributed by atoms with van der Waals surface area (Å²) in [6.07, 6.45) is 4.20. The number of piperidine rings is 1. The molecule has 1 aliphatic rings. The molecule has 1 aliphatic heterocycles. The summed E-state index contributed by atoms with van der Waals surface area (Å²) in [5, 5.41) is 7.45. The standard InChI is InChI=1S/C15H25N5/c1-3-20-8-5-13(6-9-20)19(2)11-12-4-7-18-14(10-12)15(16)17/h4,7,10,13H,3,5-6,8-9,11H2,1-2H3,(H3,16,17). The predicted molar refractivity (Wildman–Crippen MR) is 81.9 cm³/mol. The minimum atomic E-state index is 0.0331. The fraction of sp³-hybridized carbons (Fsp3) is 0.600. The quantitative estimate of drug-likeness (QED) is 0.627. The van der Waals surface area contributed by atoms with Crippen LogP contribution in [0.15, 0.2) is 18.3 Å². The Balaban J connectivity index is 1.93. The van der Waals surface area contributed by atoms with Gasteiger partial charge in [0.25, 0.3) is 0 Å². The zero-order valence-electron chi connectivity index (χ0n) is 12.5. The lowest BCUT2D eigenvalue weighted by molar-refractivity contribution is 0.127. The van der Waals surface area contributed by atoms with E-state index in [4.69, 9.17) is 11.1 Å². The van der Waals surface area contributed by atoms with Crippen LogP contribution in [-0.2, 0) is 6.54 Å². The highest BCUT2D eigenvalue weighted by Gasteiger charge is 2.21. The molecule has 0 aromatic carbocycles. The molecule has 0 saturated carbocycles. The summed E-state index contributed by atoms with van der Waals surface area (Å²) in [7, 11) is 2.18. The van der Waals surface area contributed by atoms with Crippen LogP contribution in [0.4, 0.5) is 0 Å². The first-order valence-electron chi connectivity index (χ1n) is 7.32. The van der Waals surface area contributed by atoms with Crippen molar-refractivity contribution in [3.63, 3.8) is 0 Å². The number of aromatic nitrogens is 1. The predicted octanol–water partition coefficient (Wildman–Crippen LogP) is 1.28. The third kappa shape index (κ3) is 3.77. The maximum atomic E-state index is 7.45. The number of nitrogen functional groups attached to an aromatic ring is 1. The van der Waals surface area contributed by atoms with E-state index in [1.54, 1.807) is 6.20 Å². The molecule has 0 atom stereocenters. The zero-order chi connectivity index (χ0) is 14.5. The second kappa shape index (κ2) is 6.81. The monoisotopic (exact) mass is 275 g/mol. The van der Waals surface area contributed by atoms with Crippen molar-refractivity contribution in [3.05, 3.63) is 29.6 Å². The van der Waals surface area contributed by atoms with Gasteiger partial charge in [-0.2, -0.15) is 0 Å². The Kier molecular flexibility index (Phi) is 5.09. The van der Waals surface area contributed by atoms with Crippen molar-refractivity contribution in [2.45, 2.75) is 32.4 Å². The molecule has 0 radical (unpaired) electrons. The first-order valence-corrected chi connectivity index (χ1v) is 7.32. The molecule has 0 spiro atoms. The summed E-state index contributed by atoms with van der Waals surface area (Å²) in [5.41, 5.74) is 7.23. The van der Waals surface area contributed by atoms with Gasteiger partial charge in [-0.3, -0.25) is 15.3 Å². The zero-order valence-corrected chi connectivity index (χ0v) is 12.5. The second-order valence-electron chi connectivity index (χ2n) is 5.54. The van der Waals surface area contributed by atoms with E-state index in [2.05, 4.69) is 28.8 Å². The fourth-order valence-corrected chi connectivity index (χ4v) is 2.81. The van der Waals surface area contributed by atoms with Crippen LogP contribution in [0.2, 0.25) is 0 Å². The van der Waals surface area contributed by atoms with Crippen LogP contribution in [0.1, 0.15) is 31.0 Å². The highest BCUT2D eigenvalue weighted by molar-refractivity contribution is 5.93. The molecule has 20 heavy (non-hydrogen) atoms. The van der Waals surface area contributed by atoms with Gasteiger partial charge in [-0.05, 0) is 57.2 Å². The molecule has 5 nitrogen and oxygen atoms in total. The average Bonchev–Trinajstić information content (AvgIpc) is 2.47. The Bertz CT molecular complexity index is 451. The van der Waals surface area contributed by atoms with Crippen molar-refractivity contribution >= 4 is 5.84 Å². The van der Waals surface area contributed by atoms with Crippen molar-refractivity contribution in [1.82, 2.24) is 14.8 Å². The Morgan fingerprint density at radius 1 is 1.50 bits per heavy atom. The van der Waals surface area contributed by atoms with Gasteiger partial charge in [0.05, 0.1) is 0 Å². The fourth-order valence-electron chi connectivity index (χ4n) is 2.81. The number of nitrogens with zero attached hydrogens (tertiary/aromatic N) is 3. The minimum absolute atomic E-state index is 0.0331. The first-order chi connectivity index (χ1) is 9.60. The Hall–Kier alpha value is -1.46. The van der Waals surface area contributed by atoms with Gasteiger partial charge in [-0.1, -0.05) is 6.92 Å². The van der Waals surface area contributed by atoms with Crippen LogP contribution in [0.5, 0.6) is 0 Å². The minimum Gasteiger partial charge on any atom is -0.382 e. The van der Waals surface area contributed by atoms with Gasteiger partial charge >= 0.3 is 0 Å². The third-order valence-corrected chi connectivity index (χ3v) is 4.16. The van der Waals surface area contributed by atoms with Gasteiger partial charge in [0.2, 0.25) is 0 Å². The normalized spacial score (nSPS) is 17.6. The number of hydrogen-bond donors (Lipinski definition) is 2. The van der Waals surface area contributed by atoms with E-state index in [0.29, 0.717) is 11.7 Å². The molecule has 0 aliphatic carbocycles. The number of nitrogens with two attached hydrogens (primary N) is 1. The third-order valence-electron chi connectivity index (χ3n) is 4.16. The van der Waals surface area contributed by atoms with Gasteiger partial charge in [0.15, 0.2) is 0 Å². The Labute approximate surface area is 121 Å². The highest BCUT2D eigenvalue weighted by Crippen LogP contribution is 2.17. The van der Waals surface area contributed by atoms with Gasteiger partial charge in [0.1, 0.15) is 11.5 Å². The molecule has 0 amide bonds. The van der Waals surface area contributed by atoms with Gasteiger partial charge in [0, 0.05) is 18.8 Å². The van der Waals surface area contributed by atoms with Crippen LogP contribution in [0.25, 0.3) is 0 Å². The van der Waals surface area contributed by atoms with E-state index in [9.17, 15) is 0 Å². The first kappa shape index (κ1) is 14.9. The molecule has 0 unspecified atom stereocenters.